The molecule has 23 heavy (non-hydrogen) atoms. The smallest absolute Gasteiger partial charge is 0.305 e. The van der Waals surface area contributed by atoms with E-state index in [0.29, 0.717) is 5.69 Å². The number of carbonyl (C=O) groups is 1. The average molecular weight is 372 g/mol. The second-order valence-electron chi connectivity index (χ2n) is 5.05. The van der Waals surface area contributed by atoms with E-state index < -0.39 is 28.5 Å². The Morgan fingerprint density at radius 2 is 1.83 bits per heavy atom. The minimum atomic E-state index is -3.94. The van der Waals surface area contributed by atoms with Gasteiger partial charge in [0.05, 0.1) is 23.0 Å². The number of hydrogen-bond acceptors (Lipinski definition) is 3. The average Bonchev–Trinajstić information content (AvgIpc) is 2.67. The highest BCUT2D eigenvalue weighted by Gasteiger charge is 2.45. The van der Waals surface area contributed by atoms with Crippen LogP contribution in [0.3, 0.4) is 0 Å². The lowest BCUT2D eigenvalue weighted by molar-refractivity contribution is -0.137. The molecule has 1 aliphatic rings. The van der Waals surface area contributed by atoms with Crippen molar-refractivity contribution in [2.75, 3.05) is 4.31 Å². The van der Waals surface area contributed by atoms with Gasteiger partial charge >= 0.3 is 5.97 Å². The number of nitrogens with zero attached hydrogens (tertiary/aromatic N) is 1. The van der Waals surface area contributed by atoms with Gasteiger partial charge in [0.2, 0.25) is 0 Å². The zero-order valence-electron chi connectivity index (χ0n) is 11.6. The van der Waals surface area contributed by atoms with Crippen LogP contribution in [0.15, 0.2) is 47.4 Å². The third-order valence-corrected chi connectivity index (χ3v) is 6.00. The Labute approximate surface area is 143 Å². The summed E-state index contributed by atoms with van der Waals surface area (Å²) in [6, 6.07) is 10.1. The van der Waals surface area contributed by atoms with Gasteiger partial charge in [-0.1, -0.05) is 41.4 Å². The summed E-state index contributed by atoms with van der Waals surface area (Å²) in [6.07, 6.45) is -0.400. The molecular weight excluding hydrogens is 361 g/mol. The van der Waals surface area contributed by atoms with Crippen LogP contribution in [0.25, 0.3) is 0 Å². The van der Waals surface area contributed by atoms with Crippen LogP contribution < -0.4 is 4.31 Å². The number of carboxylic acids is 1. The second-order valence-corrected chi connectivity index (χ2v) is 7.68. The summed E-state index contributed by atoms with van der Waals surface area (Å²) in [5.41, 5.74) is 0.643. The van der Waals surface area contributed by atoms with Gasteiger partial charge < -0.3 is 5.11 Å². The van der Waals surface area contributed by atoms with Crippen LogP contribution in [-0.4, -0.2) is 19.5 Å². The molecular formula is C15H11Cl2NO4S. The van der Waals surface area contributed by atoms with Gasteiger partial charge in [0.25, 0.3) is 10.0 Å². The predicted octanol–water partition coefficient (Wildman–Crippen LogP) is 3.72. The Morgan fingerprint density at radius 3 is 2.43 bits per heavy atom. The van der Waals surface area contributed by atoms with Crippen molar-refractivity contribution in [1.29, 1.82) is 0 Å². The fraction of sp³-hybridized carbons (Fsp3) is 0.133. The molecule has 1 unspecified atom stereocenters. The summed E-state index contributed by atoms with van der Waals surface area (Å²) in [5.74, 6) is -1.12. The highest BCUT2D eigenvalue weighted by Crippen LogP contribution is 2.48. The van der Waals surface area contributed by atoms with Crippen LogP contribution in [0.5, 0.6) is 0 Å². The number of sulfonamides is 1. The summed E-state index contributed by atoms with van der Waals surface area (Å²) in [5, 5.41) is 9.51. The molecule has 120 valence electrons. The summed E-state index contributed by atoms with van der Waals surface area (Å²) in [6.45, 7) is 0. The molecule has 1 heterocycles. The number of carboxylic acid groups (broad SMARTS) is 1. The fourth-order valence-electron chi connectivity index (χ4n) is 2.73. The maximum absolute atomic E-state index is 12.9. The molecule has 0 saturated heterocycles. The maximum atomic E-state index is 12.9. The Kier molecular flexibility index (Phi) is 4.00. The van der Waals surface area contributed by atoms with E-state index in [1.54, 1.807) is 30.3 Å². The van der Waals surface area contributed by atoms with Crippen LogP contribution in [0.1, 0.15) is 18.0 Å². The van der Waals surface area contributed by atoms with Crippen molar-refractivity contribution in [2.24, 2.45) is 0 Å². The molecule has 0 radical (unpaired) electrons. The first-order chi connectivity index (χ1) is 10.8. The topological polar surface area (TPSA) is 74.7 Å². The molecule has 2 aromatic rings. The van der Waals surface area contributed by atoms with Crippen LogP contribution in [-0.2, 0) is 14.8 Å². The molecule has 5 nitrogen and oxygen atoms in total. The van der Waals surface area contributed by atoms with E-state index in [9.17, 15) is 18.3 Å². The summed E-state index contributed by atoms with van der Waals surface area (Å²) in [4.78, 5) is 11.2. The fourth-order valence-corrected chi connectivity index (χ4v) is 5.40. The number of aliphatic carboxylic acids is 1. The molecule has 0 aromatic heterocycles. The molecule has 2 aromatic carbocycles. The molecule has 0 bridgehead atoms. The van der Waals surface area contributed by atoms with Crippen molar-refractivity contribution >= 4 is 44.9 Å². The Bertz CT molecular complexity index is 884. The van der Waals surface area contributed by atoms with Gasteiger partial charge in [0, 0.05) is 15.6 Å². The molecule has 1 N–H and O–H groups in total. The van der Waals surface area contributed by atoms with E-state index in [1.807, 2.05) is 0 Å². The van der Waals surface area contributed by atoms with Crippen molar-refractivity contribution in [3.05, 3.63) is 58.1 Å². The van der Waals surface area contributed by atoms with Crippen molar-refractivity contribution in [1.82, 2.24) is 0 Å². The van der Waals surface area contributed by atoms with Crippen LogP contribution in [0.2, 0.25) is 10.0 Å². The van der Waals surface area contributed by atoms with Gasteiger partial charge in [-0.05, 0) is 24.3 Å². The van der Waals surface area contributed by atoms with Crippen LogP contribution in [0, 0.1) is 0 Å². The molecule has 1 atom stereocenters. The van der Waals surface area contributed by atoms with E-state index in [1.165, 1.54) is 12.1 Å². The zero-order chi connectivity index (χ0) is 16.8. The Hall–Kier alpha value is -1.76. The van der Waals surface area contributed by atoms with E-state index in [0.717, 1.165) is 4.31 Å². The number of rotatable bonds is 3. The lowest BCUT2D eigenvalue weighted by Crippen LogP contribution is -2.29. The third kappa shape index (κ3) is 2.67. The number of benzene rings is 2. The lowest BCUT2D eigenvalue weighted by Gasteiger charge is -2.24. The number of hydrogen-bond donors (Lipinski definition) is 1. The normalized spacial score (nSPS) is 18.7. The largest absolute Gasteiger partial charge is 0.481 e. The monoisotopic (exact) mass is 371 g/mol. The SMILES string of the molecule is O=C(O)CC1c2c(Cl)cc(Cl)cc2S(=O)(=O)N1c1ccccc1. The van der Waals surface area contributed by atoms with Crippen LogP contribution >= 0.6 is 23.2 Å². The molecule has 0 aliphatic carbocycles. The van der Waals surface area contributed by atoms with E-state index in [4.69, 9.17) is 23.2 Å². The standard InChI is InChI=1S/C15H11Cl2NO4S/c16-9-6-11(17)15-12(8-14(19)20)18(10-4-2-1-3-5-10)23(21,22)13(15)7-9/h1-7,12H,8H2,(H,19,20). The van der Waals surface area contributed by atoms with Crippen molar-refractivity contribution in [3.63, 3.8) is 0 Å². The van der Waals surface area contributed by atoms with Crippen molar-refractivity contribution in [3.8, 4) is 0 Å². The van der Waals surface area contributed by atoms with Crippen molar-refractivity contribution in [2.45, 2.75) is 17.4 Å². The summed E-state index contributed by atoms with van der Waals surface area (Å²) in [7, 11) is -3.94. The minimum absolute atomic E-state index is 0.0508. The van der Waals surface area contributed by atoms with Gasteiger partial charge in [0.1, 0.15) is 0 Å². The zero-order valence-corrected chi connectivity index (χ0v) is 13.9. The van der Waals surface area contributed by atoms with Gasteiger partial charge in [-0.2, -0.15) is 0 Å². The first kappa shape index (κ1) is 16.1. The first-order valence-electron chi connectivity index (χ1n) is 6.62. The summed E-state index contributed by atoms with van der Waals surface area (Å²) < 4.78 is 26.9. The van der Waals surface area contributed by atoms with E-state index in [2.05, 4.69) is 0 Å². The first-order valence-corrected chi connectivity index (χ1v) is 8.82. The predicted molar refractivity (Wildman–Crippen MR) is 87.6 cm³/mol. The molecule has 0 amide bonds. The van der Waals surface area contributed by atoms with Gasteiger partial charge in [0.15, 0.2) is 0 Å². The molecule has 0 fully saturated rings. The third-order valence-electron chi connectivity index (χ3n) is 3.59. The highest BCUT2D eigenvalue weighted by atomic mass is 35.5. The number of anilines is 1. The molecule has 1 aliphatic heterocycles. The molecule has 3 rings (SSSR count). The van der Waals surface area contributed by atoms with E-state index in [-0.39, 0.29) is 20.5 Å². The molecule has 0 saturated carbocycles. The van der Waals surface area contributed by atoms with Gasteiger partial charge in [-0.25, -0.2) is 8.42 Å². The Morgan fingerprint density at radius 1 is 1.17 bits per heavy atom. The molecule has 0 spiro atoms. The lowest BCUT2D eigenvalue weighted by atomic mass is 10.0. The van der Waals surface area contributed by atoms with Gasteiger partial charge in [-0.3, -0.25) is 9.10 Å². The number of fused-ring (bicyclic) bond motifs is 1. The maximum Gasteiger partial charge on any atom is 0.305 e. The quantitative estimate of drug-likeness (QED) is 0.891. The molecule has 8 heteroatoms. The van der Waals surface area contributed by atoms with Gasteiger partial charge in [-0.15, -0.1) is 0 Å². The van der Waals surface area contributed by atoms with Crippen LogP contribution in [0.4, 0.5) is 5.69 Å². The second kappa shape index (κ2) is 5.70. The highest BCUT2D eigenvalue weighted by molar-refractivity contribution is 7.93. The van der Waals surface area contributed by atoms with E-state index >= 15 is 0 Å². The summed E-state index contributed by atoms with van der Waals surface area (Å²) >= 11 is 12.1. The van der Waals surface area contributed by atoms with Crippen molar-refractivity contribution < 1.29 is 18.3 Å². The number of halogens is 2. The number of para-hydroxylation sites is 1. The minimum Gasteiger partial charge on any atom is -0.481 e. The Balaban J connectivity index is 2.28.